The fraction of sp³-hybridized carbons (Fsp3) is 0.471. The molecule has 0 atom stereocenters. The second kappa shape index (κ2) is 7.13. The number of nitrogens with zero attached hydrogens (tertiary/aromatic N) is 2. The third-order valence-electron chi connectivity index (χ3n) is 3.60. The molecule has 102 valence electrons. The summed E-state index contributed by atoms with van der Waals surface area (Å²) in [5.41, 5.74) is 2.25. The van der Waals surface area contributed by atoms with Crippen molar-refractivity contribution in [3.05, 3.63) is 42.5 Å². The molecule has 19 heavy (non-hydrogen) atoms. The quantitative estimate of drug-likeness (QED) is 0.673. The van der Waals surface area contributed by atoms with Crippen molar-refractivity contribution < 1.29 is 0 Å². The molecule has 0 radical (unpaired) electrons. The Kier molecular flexibility index (Phi) is 5.20. The van der Waals surface area contributed by atoms with E-state index in [0.717, 1.165) is 31.0 Å². The molecular formula is C17H24N2. The van der Waals surface area contributed by atoms with Gasteiger partial charge in [-0.15, -0.1) is 0 Å². The first kappa shape index (κ1) is 13.9. The van der Waals surface area contributed by atoms with E-state index in [1.165, 1.54) is 31.2 Å². The van der Waals surface area contributed by atoms with Crippen molar-refractivity contribution >= 4 is 11.4 Å². The highest BCUT2D eigenvalue weighted by Crippen LogP contribution is 2.19. The fourth-order valence-corrected chi connectivity index (χ4v) is 2.48. The lowest BCUT2D eigenvalue weighted by Crippen LogP contribution is -2.29. The molecule has 0 bridgehead atoms. The number of hydrogen-bond acceptors (Lipinski definition) is 2. The molecular weight excluding hydrogens is 232 g/mol. The van der Waals surface area contributed by atoms with Gasteiger partial charge in [0, 0.05) is 18.7 Å². The van der Waals surface area contributed by atoms with Gasteiger partial charge in [0.05, 0.1) is 6.54 Å². The minimum absolute atomic E-state index is 0.912. The number of aliphatic imine (C=N–C) groups is 1. The first-order valence-electron chi connectivity index (χ1n) is 7.37. The average Bonchev–Trinajstić information content (AvgIpc) is 2.92. The summed E-state index contributed by atoms with van der Waals surface area (Å²) in [4.78, 5) is 7.03. The Morgan fingerprint density at radius 1 is 1.21 bits per heavy atom. The van der Waals surface area contributed by atoms with Crippen LogP contribution in [0.3, 0.4) is 0 Å². The van der Waals surface area contributed by atoms with Crippen LogP contribution in [0.2, 0.25) is 0 Å². The van der Waals surface area contributed by atoms with E-state index in [0.29, 0.717) is 0 Å². The minimum atomic E-state index is 0.912. The summed E-state index contributed by atoms with van der Waals surface area (Å²) >= 11 is 0. The van der Waals surface area contributed by atoms with Gasteiger partial charge in [0.2, 0.25) is 0 Å². The highest BCUT2D eigenvalue weighted by molar-refractivity contribution is 6.22. The van der Waals surface area contributed by atoms with Crippen LogP contribution >= 0.6 is 0 Å². The maximum atomic E-state index is 4.64. The van der Waals surface area contributed by atoms with Crippen LogP contribution in [0.1, 0.15) is 38.2 Å². The fourth-order valence-electron chi connectivity index (χ4n) is 2.48. The highest BCUT2D eigenvalue weighted by Gasteiger charge is 2.19. The van der Waals surface area contributed by atoms with Gasteiger partial charge >= 0.3 is 0 Å². The second-order valence-corrected chi connectivity index (χ2v) is 5.10. The van der Waals surface area contributed by atoms with E-state index in [1.807, 2.05) is 6.07 Å². The predicted octanol–water partition coefficient (Wildman–Crippen LogP) is 3.99. The smallest absolute Gasteiger partial charge is 0.131 e. The lowest BCUT2D eigenvalue weighted by molar-refractivity contribution is 0.436. The molecule has 2 rings (SSSR count). The van der Waals surface area contributed by atoms with E-state index in [1.54, 1.807) is 0 Å². The Morgan fingerprint density at radius 2 is 2.00 bits per heavy atom. The molecule has 1 aliphatic heterocycles. The summed E-state index contributed by atoms with van der Waals surface area (Å²) < 4.78 is 0. The van der Waals surface area contributed by atoms with Gasteiger partial charge in [0.1, 0.15) is 5.84 Å². The second-order valence-electron chi connectivity index (χ2n) is 5.10. The van der Waals surface area contributed by atoms with Crippen LogP contribution in [0.25, 0.3) is 5.57 Å². The van der Waals surface area contributed by atoms with Gasteiger partial charge in [0.25, 0.3) is 0 Å². The monoisotopic (exact) mass is 256 g/mol. The number of rotatable bonds is 7. The molecule has 1 aromatic rings. The lowest BCUT2D eigenvalue weighted by atomic mass is 10.1. The van der Waals surface area contributed by atoms with Gasteiger partial charge in [-0.1, -0.05) is 63.1 Å². The molecule has 1 aromatic carbocycles. The van der Waals surface area contributed by atoms with E-state index >= 15 is 0 Å². The topological polar surface area (TPSA) is 15.6 Å². The van der Waals surface area contributed by atoms with Crippen LogP contribution in [0.5, 0.6) is 0 Å². The first-order chi connectivity index (χ1) is 9.33. The Labute approximate surface area is 116 Å². The van der Waals surface area contributed by atoms with Gasteiger partial charge in [-0.3, -0.25) is 4.99 Å². The van der Waals surface area contributed by atoms with E-state index in [4.69, 9.17) is 0 Å². The van der Waals surface area contributed by atoms with Crippen LogP contribution in [0.4, 0.5) is 0 Å². The largest absolute Gasteiger partial charge is 0.355 e. The number of unbranched alkanes of at least 4 members (excludes halogenated alkanes) is 3. The molecule has 1 heterocycles. The molecule has 2 nitrogen and oxygen atoms in total. The molecule has 0 unspecified atom stereocenters. The standard InChI is InChI=1S/C17H24N2/c1-3-4-5-9-13-19-14-12-18-17(19)15(2)16-10-7-6-8-11-16/h6-8,10-11H,2-5,9,12-14H2,1H3. The Balaban J connectivity index is 1.93. The van der Waals surface area contributed by atoms with Gasteiger partial charge in [-0.25, -0.2) is 0 Å². The zero-order valence-corrected chi connectivity index (χ0v) is 11.9. The summed E-state index contributed by atoms with van der Waals surface area (Å²) in [5.74, 6) is 1.10. The van der Waals surface area contributed by atoms with E-state index in [9.17, 15) is 0 Å². The van der Waals surface area contributed by atoms with Crippen molar-refractivity contribution in [1.82, 2.24) is 4.90 Å². The van der Waals surface area contributed by atoms with Crippen LogP contribution in [-0.4, -0.2) is 30.4 Å². The summed E-state index contributed by atoms with van der Waals surface area (Å²) in [7, 11) is 0. The van der Waals surface area contributed by atoms with Crippen molar-refractivity contribution in [2.75, 3.05) is 19.6 Å². The van der Waals surface area contributed by atoms with Crippen molar-refractivity contribution in [2.45, 2.75) is 32.6 Å². The van der Waals surface area contributed by atoms with E-state index < -0.39 is 0 Å². The third-order valence-corrected chi connectivity index (χ3v) is 3.60. The first-order valence-corrected chi connectivity index (χ1v) is 7.37. The van der Waals surface area contributed by atoms with Crippen LogP contribution in [-0.2, 0) is 0 Å². The molecule has 0 spiro atoms. The molecule has 0 saturated heterocycles. The Bertz CT molecular complexity index is 434. The molecule has 0 fully saturated rings. The van der Waals surface area contributed by atoms with Crippen LogP contribution < -0.4 is 0 Å². The zero-order chi connectivity index (χ0) is 13.5. The Morgan fingerprint density at radius 3 is 2.74 bits per heavy atom. The normalized spacial score (nSPS) is 14.6. The number of benzene rings is 1. The molecule has 0 N–H and O–H groups in total. The number of amidine groups is 1. The van der Waals surface area contributed by atoms with Crippen molar-refractivity contribution in [1.29, 1.82) is 0 Å². The molecule has 0 amide bonds. The predicted molar refractivity (Wildman–Crippen MR) is 83.5 cm³/mol. The maximum Gasteiger partial charge on any atom is 0.131 e. The van der Waals surface area contributed by atoms with Gasteiger partial charge in [-0.05, 0) is 12.0 Å². The molecule has 0 aliphatic carbocycles. The highest BCUT2D eigenvalue weighted by atomic mass is 15.2. The van der Waals surface area contributed by atoms with Crippen LogP contribution in [0.15, 0.2) is 41.9 Å². The van der Waals surface area contributed by atoms with Crippen molar-refractivity contribution in [3.8, 4) is 0 Å². The van der Waals surface area contributed by atoms with Gasteiger partial charge < -0.3 is 4.90 Å². The lowest BCUT2D eigenvalue weighted by Gasteiger charge is -2.21. The average molecular weight is 256 g/mol. The summed E-state index contributed by atoms with van der Waals surface area (Å²) in [6.07, 6.45) is 5.20. The van der Waals surface area contributed by atoms with E-state index in [-0.39, 0.29) is 0 Å². The maximum absolute atomic E-state index is 4.64. The summed E-state index contributed by atoms with van der Waals surface area (Å²) in [6, 6.07) is 10.4. The third kappa shape index (κ3) is 3.69. The van der Waals surface area contributed by atoms with Crippen LogP contribution in [0, 0.1) is 0 Å². The SMILES string of the molecule is C=C(C1=NCCN1CCCCCC)c1ccccc1. The summed E-state index contributed by atoms with van der Waals surface area (Å²) in [5, 5.41) is 0. The van der Waals surface area contributed by atoms with Crippen molar-refractivity contribution in [3.63, 3.8) is 0 Å². The zero-order valence-electron chi connectivity index (χ0n) is 11.9. The van der Waals surface area contributed by atoms with Gasteiger partial charge in [0.15, 0.2) is 0 Å². The Hall–Kier alpha value is -1.57. The summed E-state index contributed by atoms with van der Waals surface area (Å²) in [6.45, 7) is 9.56. The minimum Gasteiger partial charge on any atom is -0.355 e. The molecule has 2 heteroatoms. The molecule has 0 aromatic heterocycles. The number of hydrogen-bond donors (Lipinski definition) is 0. The molecule has 0 saturated carbocycles. The van der Waals surface area contributed by atoms with Gasteiger partial charge in [-0.2, -0.15) is 0 Å². The van der Waals surface area contributed by atoms with E-state index in [2.05, 4.69) is 47.7 Å². The van der Waals surface area contributed by atoms with Crippen molar-refractivity contribution in [2.24, 2.45) is 4.99 Å². The molecule has 1 aliphatic rings.